The number of allylic oxidation sites excluding steroid dienone is 6. The molecule has 1 heterocycles. The standard InChI is InChI=1S/C59H111NO8/c1-3-5-7-9-10-11-12-13-14-15-16-17-18-19-20-21-22-23-24-25-26-27-28-29-30-31-32-33-34-35-36-37-38-39-40-41-42-43-44-45-47-49-55(63)60-52(53(62)48-46-8-6-4-2)51-67-59-58(66)57(65)56(64)54(50-61)68-59/h12-13,15-16,18-19,52-54,56-59,61-62,64-66H,3-11,14,17,20-51H2,1-2H3,(H,60,63)/b13-12-,16-15-,19-18-. The van der Waals surface area contributed by atoms with Gasteiger partial charge in [-0.15, -0.1) is 0 Å². The Hall–Kier alpha value is -1.59. The lowest BCUT2D eigenvalue weighted by Crippen LogP contribution is -2.60. The SMILES string of the molecule is CCCCCCC/C=C\C/C=C\C/C=C\CCCCCCCCCCCCCCCCCCCCCCCCCCCCC(=O)NC(COC1OC(CO)C(O)C(O)C1O)C(O)CCCCCC. The fraction of sp³-hybridized carbons (Fsp3) is 0.881. The Kier molecular flexibility index (Phi) is 46.4. The molecular formula is C59H111NO8. The molecule has 0 aromatic heterocycles. The van der Waals surface area contributed by atoms with Crippen LogP contribution in [0.15, 0.2) is 36.5 Å². The van der Waals surface area contributed by atoms with Gasteiger partial charge in [0, 0.05) is 6.42 Å². The lowest BCUT2D eigenvalue weighted by atomic mass is 9.99. The molecule has 0 aliphatic carbocycles. The van der Waals surface area contributed by atoms with E-state index in [2.05, 4.69) is 55.6 Å². The van der Waals surface area contributed by atoms with Crippen LogP contribution in [0, 0.1) is 0 Å². The van der Waals surface area contributed by atoms with Gasteiger partial charge >= 0.3 is 0 Å². The lowest BCUT2D eigenvalue weighted by Gasteiger charge is -2.40. The van der Waals surface area contributed by atoms with E-state index in [9.17, 15) is 30.3 Å². The lowest BCUT2D eigenvalue weighted by molar-refractivity contribution is -0.302. The number of hydrogen-bond acceptors (Lipinski definition) is 8. The highest BCUT2D eigenvalue weighted by molar-refractivity contribution is 5.76. The van der Waals surface area contributed by atoms with Crippen LogP contribution in [0.4, 0.5) is 0 Å². The maximum atomic E-state index is 12.9. The van der Waals surface area contributed by atoms with Crippen LogP contribution < -0.4 is 5.32 Å². The number of nitrogens with one attached hydrogen (secondary N) is 1. The first-order valence-electron chi connectivity index (χ1n) is 29.2. The highest BCUT2D eigenvalue weighted by Gasteiger charge is 2.44. The van der Waals surface area contributed by atoms with E-state index in [4.69, 9.17) is 9.47 Å². The number of amides is 1. The van der Waals surface area contributed by atoms with E-state index in [1.165, 1.54) is 193 Å². The topological polar surface area (TPSA) is 149 Å². The Balaban J connectivity index is 1.89. The zero-order valence-electron chi connectivity index (χ0n) is 44.4. The summed E-state index contributed by atoms with van der Waals surface area (Å²) >= 11 is 0. The third-order valence-corrected chi connectivity index (χ3v) is 14.0. The Bertz CT molecular complexity index is 1160. The molecule has 0 saturated carbocycles. The molecule has 0 radical (unpaired) electrons. The van der Waals surface area contributed by atoms with Crippen LogP contribution in [0.25, 0.3) is 0 Å². The first kappa shape index (κ1) is 64.4. The van der Waals surface area contributed by atoms with Gasteiger partial charge in [-0.05, 0) is 51.4 Å². The smallest absolute Gasteiger partial charge is 0.220 e. The fourth-order valence-electron chi connectivity index (χ4n) is 9.35. The van der Waals surface area contributed by atoms with E-state index in [0.717, 1.165) is 57.8 Å². The number of carbonyl (C=O) groups is 1. The maximum absolute atomic E-state index is 12.9. The highest BCUT2D eigenvalue weighted by atomic mass is 16.7. The van der Waals surface area contributed by atoms with Crippen LogP contribution in [-0.4, -0.2) is 87.5 Å². The van der Waals surface area contributed by atoms with E-state index in [1.54, 1.807) is 0 Å². The van der Waals surface area contributed by atoms with Crippen molar-refractivity contribution in [2.24, 2.45) is 0 Å². The van der Waals surface area contributed by atoms with E-state index in [1.807, 2.05) is 0 Å². The van der Waals surface area contributed by atoms with Crippen LogP contribution in [0.2, 0.25) is 0 Å². The van der Waals surface area contributed by atoms with Gasteiger partial charge in [0.2, 0.25) is 5.91 Å². The number of ether oxygens (including phenoxy) is 2. The van der Waals surface area contributed by atoms with Gasteiger partial charge in [0.15, 0.2) is 6.29 Å². The summed E-state index contributed by atoms with van der Waals surface area (Å²) in [5, 5.41) is 53.9. The Morgan fingerprint density at radius 2 is 0.868 bits per heavy atom. The summed E-state index contributed by atoms with van der Waals surface area (Å²) in [4.78, 5) is 12.9. The molecule has 1 aliphatic rings. The molecule has 9 nitrogen and oxygen atoms in total. The van der Waals surface area contributed by atoms with Crippen LogP contribution in [0.3, 0.4) is 0 Å². The highest BCUT2D eigenvalue weighted by Crippen LogP contribution is 2.23. The zero-order chi connectivity index (χ0) is 49.4. The first-order valence-corrected chi connectivity index (χ1v) is 29.2. The molecule has 68 heavy (non-hydrogen) atoms. The number of unbranched alkanes of at least 4 members (excludes halogenated alkanes) is 34. The van der Waals surface area contributed by atoms with Crippen LogP contribution in [-0.2, 0) is 14.3 Å². The third kappa shape index (κ3) is 38.1. The van der Waals surface area contributed by atoms with Gasteiger partial charge in [0.05, 0.1) is 25.4 Å². The zero-order valence-corrected chi connectivity index (χ0v) is 44.4. The molecule has 1 fully saturated rings. The van der Waals surface area contributed by atoms with Crippen molar-refractivity contribution in [3.63, 3.8) is 0 Å². The number of aliphatic hydroxyl groups is 5. The van der Waals surface area contributed by atoms with Crippen LogP contribution in [0.5, 0.6) is 0 Å². The summed E-state index contributed by atoms with van der Waals surface area (Å²) in [6.07, 6.45) is 57.3. The molecular weight excluding hydrogens is 851 g/mol. The molecule has 400 valence electrons. The molecule has 7 atom stereocenters. The second-order valence-electron chi connectivity index (χ2n) is 20.4. The van der Waals surface area contributed by atoms with Crippen LogP contribution in [0.1, 0.15) is 277 Å². The van der Waals surface area contributed by atoms with Crippen molar-refractivity contribution < 1.29 is 39.8 Å². The predicted molar refractivity (Wildman–Crippen MR) is 286 cm³/mol. The van der Waals surface area contributed by atoms with Gasteiger partial charge in [-0.2, -0.15) is 0 Å². The molecule has 0 aromatic rings. The molecule has 0 aromatic carbocycles. The summed E-state index contributed by atoms with van der Waals surface area (Å²) in [6.45, 7) is 3.71. The molecule has 1 amide bonds. The van der Waals surface area contributed by atoms with E-state index < -0.39 is 49.5 Å². The minimum Gasteiger partial charge on any atom is -0.394 e. The van der Waals surface area contributed by atoms with Crippen molar-refractivity contribution in [3.8, 4) is 0 Å². The summed E-state index contributed by atoms with van der Waals surface area (Å²) in [5.74, 6) is -0.149. The fourth-order valence-corrected chi connectivity index (χ4v) is 9.35. The molecule has 9 heteroatoms. The van der Waals surface area contributed by atoms with Crippen molar-refractivity contribution >= 4 is 5.91 Å². The minimum absolute atomic E-state index is 0.138. The van der Waals surface area contributed by atoms with Crippen molar-refractivity contribution in [2.75, 3.05) is 13.2 Å². The Labute approximate surface area is 419 Å². The average molecular weight is 963 g/mol. The molecule has 7 unspecified atom stereocenters. The van der Waals surface area contributed by atoms with Crippen molar-refractivity contribution in [1.29, 1.82) is 0 Å². The van der Waals surface area contributed by atoms with Crippen LogP contribution >= 0.6 is 0 Å². The number of rotatable bonds is 50. The largest absolute Gasteiger partial charge is 0.394 e. The average Bonchev–Trinajstić information content (AvgIpc) is 3.34. The normalized spacial score (nSPS) is 19.8. The number of hydrogen-bond donors (Lipinski definition) is 6. The van der Waals surface area contributed by atoms with Crippen molar-refractivity contribution in [1.82, 2.24) is 5.32 Å². The molecule has 0 bridgehead atoms. The van der Waals surface area contributed by atoms with Gasteiger partial charge in [-0.25, -0.2) is 0 Å². The van der Waals surface area contributed by atoms with Crippen molar-refractivity contribution in [3.05, 3.63) is 36.5 Å². The minimum atomic E-state index is -1.55. The first-order chi connectivity index (χ1) is 33.3. The quantitative estimate of drug-likeness (QED) is 0.0261. The second-order valence-corrected chi connectivity index (χ2v) is 20.4. The van der Waals surface area contributed by atoms with Gasteiger partial charge < -0.3 is 40.3 Å². The number of aliphatic hydroxyl groups excluding tert-OH is 5. The molecule has 6 N–H and O–H groups in total. The van der Waals surface area contributed by atoms with Gasteiger partial charge in [0.1, 0.15) is 24.4 Å². The van der Waals surface area contributed by atoms with Gasteiger partial charge in [-0.3, -0.25) is 4.79 Å². The van der Waals surface area contributed by atoms with E-state index in [0.29, 0.717) is 12.8 Å². The van der Waals surface area contributed by atoms with Crippen molar-refractivity contribution in [2.45, 2.75) is 320 Å². The van der Waals surface area contributed by atoms with Gasteiger partial charge in [-0.1, -0.05) is 256 Å². The van der Waals surface area contributed by atoms with Gasteiger partial charge in [0.25, 0.3) is 0 Å². The van der Waals surface area contributed by atoms with E-state index in [-0.39, 0.29) is 12.5 Å². The summed E-state index contributed by atoms with van der Waals surface area (Å²) in [7, 11) is 0. The Morgan fingerprint density at radius 3 is 1.28 bits per heavy atom. The molecule has 1 rings (SSSR count). The molecule has 0 spiro atoms. The molecule has 1 aliphatic heterocycles. The third-order valence-electron chi connectivity index (χ3n) is 14.0. The summed E-state index contributed by atoms with van der Waals surface area (Å²) in [5.41, 5.74) is 0. The number of carbonyl (C=O) groups excluding carboxylic acids is 1. The maximum Gasteiger partial charge on any atom is 0.220 e. The van der Waals surface area contributed by atoms with E-state index >= 15 is 0 Å². The Morgan fingerprint density at radius 1 is 0.500 bits per heavy atom. The molecule has 1 saturated heterocycles. The predicted octanol–water partition coefficient (Wildman–Crippen LogP) is 14.4. The summed E-state index contributed by atoms with van der Waals surface area (Å²) < 4.78 is 11.2. The second kappa shape index (κ2) is 49.0. The monoisotopic (exact) mass is 962 g/mol. The summed E-state index contributed by atoms with van der Waals surface area (Å²) in [6, 6.07) is -0.712.